The van der Waals surface area contributed by atoms with Gasteiger partial charge in [-0.2, -0.15) is 0 Å². The van der Waals surface area contributed by atoms with E-state index in [9.17, 15) is 13.6 Å². The maximum atomic E-state index is 12.5. The third kappa shape index (κ3) is 3.52. The second-order valence-electron chi connectivity index (χ2n) is 4.76. The fourth-order valence-electron chi connectivity index (χ4n) is 1.80. The van der Waals surface area contributed by atoms with E-state index in [1.54, 1.807) is 19.9 Å². The standard InChI is InChI=1S/C14H19F2NO/c1-9(2)17(8-13(15)16)14(18)12-7-10(3)5-6-11(12)4/h5-7,9,13H,8H2,1-4H3. The molecule has 0 aliphatic carbocycles. The van der Waals surface area contributed by atoms with E-state index in [-0.39, 0.29) is 11.9 Å². The molecule has 0 saturated carbocycles. The first-order valence-corrected chi connectivity index (χ1v) is 5.99. The number of carbonyl (C=O) groups is 1. The number of carbonyl (C=O) groups excluding carboxylic acids is 1. The van der Waals surface area contributed by atoms with Crippen molar-refractivity contribution >= 4 is 5.91 Å². The summed E-state index contributed by atoms with van der Waals surface area (Å²) >= 11 is 0. The molecule has 0 spiro atoms. The SMILES string of the molecule is Cc1ccc(C)c(C(=O)N(CC(F)F)C(C)C)c1. The molecule has 1 rings (SSSR count). The predicted molar refractivity (Wildman–Crippen MR) is 68.1 cm³/mol. The van der Waals surface area contributed by atoms with Crippen molar-refractivity contribution in [3.8, 4) is 0 Å². The molecule has 0 bridgehead atoms. The lowest BCUT2D eigenvalue weighted by Crippen LogP contribution is -2.40. The zero-order valence-corrected chi connectivity index (χ0v) is 11.2. The Hall–Kier alpha value is -1.45. The minimum Gasteiger partial charge on any atom is -0.330 e. The minimum atomic E-state index is -2.51. The number of amides is 1. The third-order valence-electron chi connectivity index (χ3n) is 2.84. The Morgan fingerprint density at radius 3 is 2.39 bits per heavy atom. The van der Waals surface area contributed by atoms with E-state index in [4.69, 9.17) is 0 Å². The van der Waals surface area contributed by atoms with Crippen LogP contribution in [0.1, 0.15) is 35.3 Å². The molecule has 1 aromatic rings. The van der Waals surface area contributed by atoms with Gasteiger partial charge in [0.2, 0.25) is 0 Å². The van der Waals surface area contributed by atoms with Crippen LogP contribution >= 0.6 is 0 Å². The first-order valence-electron chi connectivity index (χ1n) is 5.99. The Bertz CT molecular complexity index is 430. The fourth-order valence-corrected chi connectivity index (χ4v) is 1.80. The number of hydrogen-bond donors (Lipinski definition) is 0. The van der Waals surface area contributed by atoms with Gasteiger partial charge in [-0.05, 0) is 39.3 Å². The number of rotatable bonds is 4. The van der Waals surface area contributed by atoms with Crippen LogP contribution in [0.15, 0.2) is 18.2 Å². The summed E-state index contributed by atoms with van der Waals surface area (Å²) in [6.07, 6.45) is -2.51. The highest BCUT2D eigenvalue weighted by Crippen LogP contribution is 2.16. The molecule has 0 aliphatic heterocycles. The fraction of sp³-hybridized carbons (Fsp3) is 0.500. The second kappa shape index (κ2) is 5.94. The van der Waals surface area contributed by atoms with Crippen molar-refractivity contribution in [2.45, 2.75) is 40.2 Å². The van der Waals surface area contributed by atoms with Gasteiger partial charge in [-0.25, -0.2) is 8.78 Å². The molecule has 18 heavy (non-hydrogen) atoms. The molecule has 4 heteroatoms. The van der Waals surface area contributed by atoms with Crippen molar-refractivity contribution in [3.63, 3.8) is 0 Å². The number of benzene rings is 1. The van der Waals surface area contributed by atoms with E-state index >= 15 is 0 Å². The molecule has 100 valence electrons. The first-order chi connectivity index (χ1) is 8.32. The van der Waals surface area contributed by atoms with Crippen molar-refractivity contribution in [1.82, 2.24) is 4.90 Å². The van der Waals surface area contributed by atoms with E-state index < -0.39 is 13.0 Å². The highest BCUT2D eigenvalue weighted by atomic mass is 19.3. The molecule has 0 radical (unpaired) electrons. The Kier molecular flexibility index (Phi) is 4.82. The molecule has 0 heterocycles. The lowest BCUT2D eigenvalue weighted by molar-refractivity contribution is 0.0475. The lowest BCUT2D eigenvalue weighted by Gasteiger charge is -2.27. The van der Waals surface area contributed by atoms with Gasteiger partial charge in [-0.1, -0.05) is 17.7 Å². The van der Waals surface area contributed by atoms with Crippen LogP contribution in [0, 0.1) is 13.8 Å². The van der Waals surface area contributed by atoms with Crippen LogP contribution in [0.4, 0.5) is 8.78 Å². The average Bonchev–Trinajstić information content (AvgIpc) is 2.27. The Balaban J connectivity index is 3.05. The molecule has 1 aromatic carbocycles. The van der Waals surface area contributed by atoms with Gasteiger partial charge in [0.05, 0.1) is 6.54 Å². The molecular formula is C14H19F2NO. The average molecular weight is 255 g/mol. The molecular weight excluding hydrogens is 236 g/mol. The molecule has 0 saturated heterocycles. The van der Waals surface area contributed by atoms with Gasteiger partial charge in [-0.15, -0.1) is 0 Å². The molecule has 0 N–H and O–H groups in total. The van der Waals surface area contributed by atoms with Crippen molar-refractivity contribution < 1.29 is 13.6 Å². The third-order valence-corrected chi connectivity index (χ3v) is 2.84. The number of nitrogens with zero attached hydrogens (tertiary/aromatic N) is 1. The van der Waals surface area contributed by atoms with Crippen LogP contribution in [0.25, 0.3) is 0 Å². The predicted octanol–water partition coefficient (Wildman–Crippen LogP) is 3.42. The maximum Gasteiger partial charge on any atom is 0.255 e. The monoisotopic (exact) mass is 255 g/mol. The molecule has 0 aromatic heterocycles. The normalized spacial score (nSPS) is 11.1. The molecule has 0 unspecified atom stereocenters. The summed E-state index contributed by atoms with van der Waals surface area (Å²) in [4.78, 5) is 13.5. The van der Waals surface area contributed by atoms with Gasteiger partial charge in [-0.3, -0.25) is 4.79 Å². The summed E-state index contributed by atoms with van der Waals surface area (Å²) in [6.45, 7) is 6.65. The molecule has 0 fully saturated rings. The number of alkyl halides is 2. The van der Waals surface area contributed by atoms with Gasteiger partial charge in [0.25, 0.3) is 12.3 Å². The van der Waals surface area contributed by atoms with Crippen molar-refractivity contribution in [1.29, 1.82) is 0 Å². The quantitative estimate of drug-likeness (QED) is 0.807. The van der Waals surface area contributed by atoms with Crippen LogP contribution in [0.5, 0.6) is 0 Å². The molecule has 0 atom stereocenters. The van der Waals surface area contributed by atoms with E-state index in [0.29, 0.717) is 5.56 Å². The minimum absolute atomic E-state index is 0.244. The van der Waals surface area contributed by atoms with E-state index in [1.165, 1.54) is 4.90 Å². The van der Waals surface area contributed by atoms with Crippen LogP contribution in [-0.4, -0.2) is 29.8 Å². The summed E-state index contributed by atoms with van der Waals surface area (Å²) in [5.74, 6) is -0.327. The van der Waals surface area contributed by atoms with Gasteiger partial charge >= 0.3 is 0 Å². The van der Waals surface area contributed by atoms with Crippen molar-refractivity contribution in [3.05, 3.63) is 34.9 Å². The highest BCUT2D eigenvalue weighted by Gasteiger charge is 2.23. The molecule has 0 aliphatic rings. The van der Waals surface area contributed by atoms with Gasteiger partial charge in [0, 0.05) is 11.6 Å². The number of halogens is 2. The van der Waals surface area contributed by atoms with Crippen molar-refractivity contribution in [2.24, 2.45) is 0 Å². The zero-order chi connectivity index (χ0) is 13.9. The molecule has 1 amide bonds. The van der Waals surface area contributed by atoms with E-state index in [0.717, 1.165) is 11.1 Å². The van der Waals surface area contributed by atoms with Gasteiger partial charge in [0.1, 0.15) is 0 Å². The zero-order valence-electron chi connectivity index (χ0n) is 11.2. The summed E-state index contributed by atoms with van der Waals surface area (Å²) in [6, 6.07) is 5.24. The first kappa shape index (κ1) is 14.6. The largest absolute Gasteiger partial charge is 0.330 e. The van der Waals surface area contributed by atoms with Crippen molar-refractivity contribution in [2.75, 3.05) is 6.54 Å². The number of aryl methyl sites for hydroxylation is 2. The topological polar surface area (TPSA) is 20.3 Å². The van der Waals surface area contributed by atoms with Gasteiger partial charge in [0.15, 0.2) is 0 Å². The highest BCUT2D eigenvalue weighted by molar-refractivity contribution is 5.96. The second-order valence-corrected chi connectivity index (χ2v) is 4.76. The summed E-state index contributed by atoms with van der Waals surface area (Å²) in [5.41, 5.74) is 2.26. The van der Waals surface area contributed by atoms with Crippen LogP contribution in [0.2, 0.25) is 0 Å². The maximum absolute atomic E-state index is 12.5. The Morgan fingerprint density at radius 2 is 1.89 bits per heavy atom. The Morgan fingerprint density at radius 1 is 1.28 bits per heavy atom. The lowest BCUT2D eigenvalue weighted by atomic mass is 10.0. The molecule has 2 nitrogen and oxygen atoms in total. The van der Waals surface area contributed by atoms with Crippen LogP contribution in [0.3, 0.4) is 0 Å². The Labute approximate surface area is 107 Å². The van der Waals surface area contributed by atoms with Gasteiger partial charge < -0.3 is 4.90 Å². The van der Waals surface area contributed by atoms with E-state index in [2.05, 4.69) is 0 Å². The summed E-state index contributed by atoms with van der Waals surface area (Å²) in [5, 5.41) is 0. The van der Waals surface area contributed by atoms with E-state index in [1.807, 2.05) is 26.0 Å². The summed E-state index contributed by atoms with van der Waals surface area (Å²) < 4.78 is 25.0. The number of hydrogen-bond acceptors (Lipinski definition) is 1. The summed E-state index contributed by atoms with van der Waals surface area (Å²) in [7, 11) is 0. The van der Waals surface area contributed by atoms with Crippen LogP contribution in [-0.2, 0) is 0 Å². The smallest absolute Gasteiger partial charge is 0.255 e. The van der Waals surface area contributed by atoms with Crippen LogP contribution < -0.4 is 0 Å².